The van der Waals surface area contributed by atoms with E-state index < -0.39 is 0 Å². The van der Waals surface area contributed by atoms with E-state index in [1.165, 1.54) is 12.3 Å². The maximum absolute atomic E-state index is 11.5. The average Bonchev–Trinajstić information content (AvgIpc) is 2.35. The van der Waals surface area contributed by atoms with Crippen LogP contribution >= 0.6 is 11.8 Å². The molecule has 0 aromatic heterocycles. The summed E-state index contributed by atoms with van der Waals surface area (Å²) in [4.78, 5) is 22.3. The van der Waals surface area contributed by atoms with E-state index in [-0.39, 0.29) is 17.5 Å². The third-order valence-corrected chi connectivity index (χ3v) is 2.35. The number of benzene rings is 1. The Bertz CT molecular complexity index is 385. The van der Waals surface area contributed by atoms with E-state index in [1.54, 1.807) is 30.5 Å². The van der Waals surface area contributed by atoms with Gasteiger partial charge >= 0.3 is 0 Å². The number of Topliss-reactive ketones (excluding diaryl/α,β-unsaturated/α-hetero) is 1. The van der Waals surface area contributed by atoms with E-state index in [0.29, 0.717) is 5.56 Å². The number of hydrogen-bond acceptors (Lipinski definition) is 4. The summed E-state index contributed by atoms with van der Waals surface area (Å²) < 4.78 is 4.96. The summed E-state index contributed by atoms with van der Waals surface area (Å²) >= 11 is 1.09. The van der Waals surface area contributed by atoms with Gasteiger partial charge in [0.2, 0.25) is 5.12 Å². The van der Waals surface area contributed by atoms with E-state index in [4.69, 9.17) is 4.74 Å². The molecule has 0 unspecified atom stereocenters. The summed E-state index contributed by atoms with van der Waals surface area (Å²) in [6, 6.07) is 8.88. The van der Waals surface area contributed by atoms with Gasteiger partial charge in [-0.15, -0.1) is 0 Å². The van der Waals surface area contributed by atoms with E-state index in [0.717, 1.165) is 11.8 Å². The van der Waals surface area contributed by atoms with E-state index in [2.05, 4.69) is 0 Å². The molecule has 0 aliphatic heterocycles. The first-order chi connectivity index (χ1) is 7.74. The van der Waals surface area contributed by atoms with Crippen LogP contribution in [0.3, 0.4) is 0 Å². The molecule has 84 valence electrons. The molecule has 0 amide bonds. The third kappa shape index (κ3) is 4.31. The predicted molar refractivity (Wildman–Crippen MR) is 64.4 cm³/mol. The van der Waals surface area contributed by atoms with Crippen LogP contribution in [0, 0.1) is 0 Å². The van der Waals surface area contributed by atoms with Crippen LogP contribution in [0.25, 0.3) is 0 Å². The van der Waals surface area contributed by atoms with Crippen molar-refractivity contribution >= 4 is 22.7 Å². The number of carbonyl (C=O) groups excluding carboxylic acids is 2. The zero-order valence-electron chi connectivity index (χ0n) is 8.88. The lowest BCUT2D eigenvalue weighted by molar-refractivity contribution is -0.107. The SMILES string of the molecule is CSC(=O)C=COCC(=O)c1ccccc1. The van der Waals surface area contributed by atoms with Crippen molar-refractivity contribution in [3.05, 3.63) is 48.2 Å². The Balaban J connectivity index is 2.37. The van der Waals surface area contributed by atoms with E-state index in [9.17, 15) is 9.59 Å². The Kier molecular flexibility index (Phi) is 5.36. The fraction of sp³-hybridized carbons (Fsp3) is 0.167. The van der Waals surface area contributed by atoms with Crippen LogP contribution in [0.5, 0.6) is 0 Å². The molecule has 0 saturated carbocycles. The molecule has 0 aliphatic carbocycles. The Labute approximate surface area is 98.5 Å². The number of ether oxygens (including phenoxy) is 1. The molecule has 0 bridgehead atoms. The molecule has 0 radical (unpaired) electrons. The summed E-state index contributed by atoms with van der Waals surface area (Å²) in [6.07, 6.45) is 4.23. The van der Waals surface area contributed by atoms with Gasteiger partial charge < -0.3 is 4.74 Å². The highest BCUT2D eigenvalue weighted by atomic mass is 32.2. The van der Waals surface area contributed by atoms with Gasteiger partial charge in [-0.3, -0.25) is 9.59 Å². The smallest absolute Gasteiger partial charge is 0.214 e. The van der Waals surface area contributed by atoms with Crippen molar-refractivity contribution in [1.82, 2.24) is 0 Å². The fourth-order valence-electron chi connectivity index (χ4n) is 1.00. The van der Waals surface area contributed by atoms with Crippen LogP contribution in [0.1, 0.15) is 10.4 Å². The first kappa shape index (κ1) is 12.5. The second kappa shape index (κ2) is 6.85. The Morgan fingerprint density at radius 2 is 2.00 bits per heavy atom. The quantitative estimate of drug-likeness (QED) is 0.447. The molecular formula is C12H12O3S. The number of rotatable bonds is 5. The van der Waals surface area contributed by atoms with Crippen LogP contribution < -0.4 is 0 Å². The molecule has 0 saturated heterocycles. The van der Waals surface area contributed by atoms with Gasteiger partial charge in [-0.05, 0) is 6.26 Å². The zero-order chi connectivity index (χ0) is 11.8. The largest absolute Gasteiger partial charge is 0.493 e. The molecule has 0 heterocycles. The van der Waals surface area contributed by atoms with Crippen molar-refractivity contribution in [2.45, 2.75) is 0 Å². The molecule has 3 nitrogen and oxygen atoms in total. The molecule has 0 spiro atoms. The van der Waals surface area contributed by atoms with Crippen LogP contribution in [0.2, 0.25) is 0 Å². The van der Waals surface area contributed by atoms with Crippen molar-refractivity contribution < 1.29 is 14.3 Å². The van der Waals surface area contributed by atoms with Gasteiger partial charge in [-0.1, -0.05) is 42.1 Å². The highest BCUT2D eigenvalue weighted by molar-refractivity contribution is 8.13. The first-order valence-electron chi connectivity index (χ1n) is 4.68. The Morgan fingerprint density at radius 3 is 2.62 bits per heavy atom. The molecule has 1 aromatic carbocycles. The second-order valence-electron chi connectivity index (χ2n) is 2.93. The average molecular weight is 236 g/mol. The van der Waals surface area contributed by atoms with Gasteiger partial charge in [0.05, 0.1) is 6.26 Å². The minimum Gasteiger partial charge on any atom is -0.493 e. The topological polar surface area (TPSA) is 43.4 Å². The summed E-state index contributed by atoms with van der Waals surface area (Å²) in [7, 11) is 0. The van der Waals surface area contributed by atoms with Crippen LogP contribution in [0.15, 0.2) is 42.7 Å². The maximum atomic E-state index is 11.5. The number of ketones is 1. The van der Waals surface area contributed by atoms with Crippen molar-refractivity contribution in [2.24, 2.45) is 0 Å². The van der Waals surface area contributed by atoms with Gasteiger partial charge in [0, 0.05) is 11.6 Å². The fourth-order valence-corrected chi connectivity index (χ4v) is 1.19. The van der Waals surface area contributed by atoms with Crippen molar-refractivity contribution in [2.75, 3.05) is 12.9 Å². The van der Waals surface area contributed by atoms with Gasteiger partial charge in [-0.2, -0.15) is 0 Å². The number of hydrogen-bond donors (Lipinski definition) is 0. The molecule has 1 rings (SSSR count). The number of carbonyl (C=O) groups is 2. The zero-order valence-corrected chi connectivity index (χ0v) is 9.70. The molecule has 16 heavy (non-hydrogen) atoms. The normalized spacial score (nSPS) is 10.3. The van der Waals surface area contributed by atoms with Gasteiger partial charge in [0.1, 0.15) is 0 Å². The third-order valence-electron chi connectivity index (χ3n) is 1.81. The van der Waals surface area contributed by atoms with Gasteiger partial charge in [0.15, 0.2) is 12.4 Å². The monoisotopic (exact) mass is 236 g/mol. The molecular weight excluding hydrogens is 224 g/mol. The maximum Gasteiger partial charge on any atom is 0.214 e. The Morgan fingerprint density at radius 1 is 1.31 bits per heavy atom. The molecule has 0 N–H and O–H groups in total. The van der Waals surface area contributed by atoms with E-state index >= 15 is 0 Å². The molecule has 0 atom stereocenters. The van der Waals surface area contributed by atoms with Crippen molar-refractivity contribution in [3.8, 4) is 0 Å². The highest BCUT2D eigenvalue weighted by Gasteiger charge is 2.03. The van der Waals surface area contributed by atoms with Crippen LogP contribution in [-0.2, 0) is 9.53 Å². The van der Waals surface area contributed by atoms with Gasteiger partial charge in [0.25, 0.3) is 0 Å². The van der Waals surface area contributed by atoms with E-state index in [1.807, 2.05) is 6.07 Å². The standard InChI is InChI=1S/C12H12O3S/c1-16-12(14)7-8-15-9-11(13)10-5-3-2-4-6-10/h2-8H,9H2,1H3. The minimum atomic E-state index is -0.109. The lowest BCUT2D eigenvalue weighted by Crippen LogP contribution is -2.06. The highest BCUT2D eigenvalue weighted by Crippen LogP contribution is 2.01. The predicted octanol–water partition coefficient (Wildman–Crippen LogP) is 2.29. The lowest BCUT2D eigenvalue weighted by atomic mass is 10.1. The molecule has 0 fully saturated rings. The molecule has 0 aliphatic rings. The van der Waals surface area contributed by atoms with Crippen molar-refractivity contribution in [1.29, 1.82) is 0 Å². The lowest BCUT2D eigenvalue weighted by Gasteiger charge is -1.99. The Hall–Kier alpha value is -1.55. The van der Waals surface area contributed by atoms with Crippen LogP contribution in [0.4, 0.5) is 0 Å². The first-order valence-corrected chi connectivity index (χ1v) is 5.91. The summed E-state index contributed by atoms with van der Waals surface area (Å²) in [6.45, 7) is -0.0534. The van der Waals surface area contributed by atoms with Gasteiger partial charge in [-0.25, -0.2) is 0 Å². The number of thioether (sulfide) groups is 1. The summed E-state index contributed by atoms with van der Waals surface area (Å²) in [5, 5.41) is -0.104. The second-order valence-corrected chi connectivity index (χ2v) is 3.74. The minimum absolute atomic E-state index is 0.0534. The molecule has 1 aromatic rings. The summed E-state index contributed by atoms with van der Waals surface area (Å²) in [5.74, 6) is -0.109. The summed E-state index contributed by atoms with van der Waals surface area (Å²) in [5.41, 5.74) is 0.604. The molecule has 4 heteroatoms. The van der Waals surface area contributed by atoms with Crippen molar-refractivity contribution in [3.63, 3.8) is 0 Å². The van der Waals surface area contributed by atoms with Crippen LogP contribution in [-0.4, -0.2) is 23.8 Å².